The van der Waals surface area contributed by atoms with Gasteiger partial charge in [-0.05, 0) is 25.5 Å². The van der Waals surface area contributed by atoms with Gasteiger partial charge in [0.15, 0.2) is 11.6 Å². The average Bonchev–Trinajstić information content (AvgIpc) is 2.90. The molecule has 0 saturated heterocycles. The molecule has 0 aliphatic heterocycles. The summed E-state index contributed by atoms with van der Waals surface area (Å²) in [4.78, 5) is 19.1. The van der Waals surface area contributed by atoms with Gasteiger partial charge in [-0.1, -0.05) is 91.9 Å². The number of nitrogens with two attached hydrogens (primary N) is 1. The van der Waals surface area contributed by atoms with Crippen molar-refractivity contribution in [2.75, 3.05) is 5.73 Å². The molecule has 0 spiro atoms. The van der Waals surface area contributed by atoms with Crippen LogP contribution in [0.2, 0.25) is 0 Å². The molecule has 1 unspecified atom stereocenters. The number of nitrogen functional groups attached to an aromatic ring is 1. The molecule has 5 rings (SSSR count). The van der Waals surface area contributed by atoms with E-state index in [0.29, 0.717) is 23.2 Å². The summed E-state index contributed by atoms with van der Waals surface area (Å²) in [5, 5.41) is 1.04. The average molecular weight is 458 g/mol. The molecule has 0 fully saturated rings. The van der Waals surface area contributed by atoms with E-state index < -0.39 is 0 Å². The molecule has 2 heterocycles. The van der Waals surface area contributed by atoms with Crippen molar-refractivity contribution in [3.63, 3.8) is 0 Å². The molecule has 172 valence electrons. The minimum Gasteiger partial charge on any atom is -0.396 e. The molecule has 0 aliphatic carbocycles. The normalized spacial score (nSPS) is 12.6. The van der Waals surface area contributed by atoms with E-state index in [0.717, 1.165) is 38.9 Å². The van der Waals surface area contributed by atoms with E-state index in [1.54, 1.807) is 0 Å². The second-order valence-electron chi connectivity index (χ2n) is 8.76. The van der Waals surface area contributed by atoms with Crippen molar-refractivity contribution in [3.05, 3.63) is 108 Å². The maximum Gasteiger partial charge on any atom is 0.163 e. The topological polar surface area (TPSA) is 77.6 Å². The van der Waals surface area contributed by atoms with Crippen molar-refractivity contribution < 1.29 is 0 Å². The smallest absolute Gasteiger partial charge is 0.163 e. The lowest BCUT2D eigenvalue weighted by atomic mass is 9.98. The van der Waals surface area contributed by atoms with Crippen LogP contribution in [0.5, 0.6) is 0 Å². The van der Waals surface area contributed by atoms with Gasteiger partial charge in [0.05, 0.1) is 11.2 Å². The number of rotatable bonds is 5. The highest BCUT2D eigenvalue weighted by Gasteiger charge is 2.15. The third-order valence-electron chi connectivity index (χ3n) is 6.09. The molecule has 2 N–H and O–H groups in total. The van der Waals surface area contributed by atoms with Crippen LogP contribution in [-0.4, -0.2) is 19.9 Å². The zero-order valence-corrected chi connectivity index (χ0v) is 20.1. The van der Waals surface area contributed by atoms with Crippen LogP contribution in [0.4, 0.5) is 5.69 Å². The van der Waals surface area contributed by atoms with Crippen LogP contribution in [0.15, 0.2) is 91.0 Å². The molecule has 5 heteroatoms. The number of hydrogen-bond donors (Lipinski definition) is 1. The lowest BCUT2D eigenvalue weighted by Gasteiger charge is -2.13. The monoisotopic (exact) mass is 457 g/mol. The molecule has 3 aromatic carbocycles. The molecule has 5 nitrogen and oxygen atoms in total. The Morgan fingerprint density at radius 2 is 1.31 bits per heavy atom. The third kappa shape index (κ3) is 4.66. The van der Waals surface area contributed by atoms with Gasteiger partial charge in [0.1, 0.15) is 5.82 Å². The van der Waals surface area contributed by atoms with Crippen molar-refractivity contribution in [3.8, 4) is 22.8 Å². The van der Waals surface area contributed by atoms with Crippen molar-refractivity contribution in [2.45, 2.75) is 26.7 Å². The summed E-state index contributed by atoms with van der Waals surface area (Å²) in [6.45, 7) is 6.15. The van der Waals surface area contributed by atoms with Crippen LogP contribution in [-0.2, 0) is 0 Å². The Labute approximate surface area is 205 Å². The fourth-order valence-corrected chi connectivity index (χ4v) is 4.22. The first-order valence-electron chi connectivity index (χ1n) is 11.7. The van der Waals surface area contributed by atoms with E-state index in [9.17, 15) is 0 Å². The first-order chi connectivity index (χ1) is 17.0. The largest absolute Gasteiger partial charge is 0.396 e. The van der Waals surface area contributed by atoms with Crippen LogP contribution < -0.4 is 5.73 Å². The predicted molar refractivity (Wildman–Crippen MR) is 144 cm³/mol. The molecular formula is C30H27N5. The highest BCUT2D eigenvalue weighted by molar-refractivity contribution is 5.95. The van der Waals surface area contributed by atoms with Gasteiger partial charge in [-0.25, -0.2) is 15.0 Å². The highest BCUT2D eigenvalue weighted by atomic mass is 15.0. The lowest BCUT2D eigenvalue weighted by molar-refractivity contribution is 0.828. The second kappa shape index (κ2) is 9.47. The van der Waals surface area contributed by atoms with E-state index in [4.69, 9.17) is 20.7 Å². The number of aromatic nitrogens is 4. The molecular weight excluding hydrogens is 430 g/mol. The number of nitrogens with zero attached hydrogens (tertiary/aromatic N) is 4. The van der Waals surface area contributed by atoms with Gasteiger partial charge in [0.2, 0.25) is 0 Å². The summed E-state index contributed by atoms with van der Waals surface area (Å²) in [5.74, 6) is 1.99. The molecule has 5 aromatic rings. The van der Waals surface area contributed by atoms with Gasteiger partial charge < -0.3 is 5.73 Å². The van der Waals surface area contributed by atoms with Crippen LogP contribution >= 0.6 is 0 Å². The van der Waals surface area contributed by atoms with Gasteiger partial charge in [-0.15, -0.1) is 0 Å². The van der Waals surface area contributed by atoms with Gasteiger partial charge in [-0.3, -0.25) is 4.98 Å². The Kier molecular flexibility index (Phi) is 6.06. The minimum atomic E-state index is -0.0523. The maximum atomic E-state index is 6.56. The molecule has 2 aromatic heterocycles. The summed E-state index contributed by atoms with van der Waals surface area (Å²) >= 11 is 0. The molecule has 0 amide bonds. The van der Waals surface area contributed by atoms with E-state index in [1.807, 2.05) is 73.7 Å². The van der Waals surface area contributed by atoms with Crippen LogP contribution in [0.1, 0.15) is 36.8 Å². The first-order valence-corrected chi connectivity index (χ1v) is 11.7. The van der Waals surface area contributed by atoms with E-state index in [1.165, 1.54) is 0 Å². The standard InChI is InChI=1S/C30H27N5/c1-19(25-17-16-22-15-14-21(3)32-27(22)26(25)31)18-20(2)28-33-29(23-10-6-4-7-11-23)35-30(34-28)24-12-8-5-9-13-24/h4-18,20H,31H2,1-3H3/b19-18-. The minimum absolute atomic E-state index is 0.0523. The lowest BCUT2D eigenvalue weighted by Crippen LogP contribution is -2.06. The number of hydrogen-bond acceptors (Lipinski definition) is 5. The van der Waals surface area contributed by atoms with Crippen LogP contribution in [0, 0.1) is 6.92 Å². The molecule has 0 saturated carbocycles. The van der Waals surface area contributed by atoms with Gasteiger partial charge >= 0.3 is 0 Å². The third-order valence-corrected chi connectivity index (χ3v) is 6.09. The number of anilines is 1. The number of aryl methyl sites for hydroxylation is 1. The fraction of sp³-hybridized carbons (Fsp3) is 0.133. The Morgan fingerprint density at radius 3 is 1.91 bits per heavy atom. The van der Waals surface area contributed by atoms with Gasteiger partial charge in [-0.2, -0.15) is 0 Å². The molecule has 35 heavy (non-hydrogen) atoms. The van der Waals surface area contributed by atoms with Crippen molar-refractivity contribution in [2.24, 2.45) is 0 Å². The zero-order chi connectivity index (χ0) is 24.4. The van der Waals surface area contributed by atoms with Crippen LogP contribution in [0.3, 0.4) is 0 Å². The summed E-state index contributed by atoms with van der Waals surface area (Å²) in [6.07, 6.45) is 2.16. The fourth-order valence-electron chi connectivity index (χ4n) is 4.22. The first kappa shape index (κ1) is 22.4. The van der Waals surface area contributed by atoms with Gasteiger partial charge in [0.25, 0.3) is 0 Å². The number of allylic oxidation sites excluding steroid dienone is 2. The zero-order valence-electron chi connectivity index (χ0n) is 20.1. The Morgan fingerprint density at radius 1 is 0.743 bits per heavy atom. The number of fused-ring (bicyclic) bond motifs is 1. The Bertz CT molecular complexity index is 1470. The van der Waals surface area contributed by atoms with Crippen molar-refractivity contribution in [1.82, 2.24) is 19.9 Å². The quantitative estimate of drug-likeness (QED) is 0.292. The summed E-state index contributed by atoms with van der Waals surface area (Å²) in [5.41, 5.74) is 13.0. The Hall–Kier alpha value is -4.38. The molecule has 1 atom stereocenters. The second-order valence-corrected chi connectivity index (χ2v) is 8.76. The summed E-state index contributed by atoms with van der Waals surface area (Å²) in [7, 11) is 0. The van der Waals surface area contributed by atoms with E-state index in [-0.39, 0.29) is 5.92 Å². The highest BCUT2D eigenvalue weighted by Crippen LogP contribution is 2.31. The summed E-state index contributed by atoms with van der Waals surface area (Å²) < 4.78 is 0. The van der Waals surface area contributed by atoms with Crippen molar-refractivity contribution >= 4 is 22.2 Å². The van der Waals surface area contributed by atoms with Crippen molar-refractivity contribution in [1.29, 1.82) is 0 Å². The predicted octanol–water partition coefficient (Wildman–Crippen LogP) is 6.85. The Balaban J connectivity index is 1.57. The van der Waals surface area contributed by atoms with Crippen LogP contribution in [0.25, 0.3) is 39.3 Å². The molecule has 0 bridgehead atoms. The van der Waals surface area contributed by atoms with E-state index >= 15 is 0 Å². The molecule has 0 aliphatic rings. The SMILES string of the molecule is C/C(=C/C(C)c1nc(-c2ccccc2)nc(-c2ccccc2)n1)c1ccc2ccc(C)nc2c1N. The summed E-state index contributed by atoms with van der Waals surface area (Å²) in [6, 6.07) is 28.2. The maximum absolute atomic E-state index is 6.56. The number of benzene rings is 3. The van der Waals surface area contributed by atoms with E-state index in [2.05, 4.69) is 43.1 Å². The molecule has 0 radical (unpaired) electrons. The number of pyridine rings is 1. The van der Waals surface area contributed by atoms with Gasteiger partial charge in [0, 0.05) is 33.7 Å².